The van der Waals surface area contributed by atoms with Crippen LogP contribution in [-0.4, -0.2) is 29.8 Å². The molecule has 0 aliphatic carbocycles. The fourth-order valence-electron chi connectivity index (χ4n) is 2.22. The third-order valence-electron chi connectivity index (χ3n) is 2.93. The quantitative estimate of drug-likeness (QED) is 0.668. The summed E-state index contributed by atoms with van der Waals surface area (Å²) in [5.41, 5.74) is 0. The standard InChI is InChI=1S/C11H21NO/c1-3-12-8-6-4-5-7-11(12)9-10(2)13/h11H,3-9H2,1-2H3. The lowest BCUT2D eigenvalue weighted by molar-refractivity contribution is -0.118. The Kier molecular flexibility index (Phi) is 4.43. The molecule has 1 rings (SSSR count). The summed E-state index contributed by atoms with van der Waals surface area (Å²) >= 11 is 0. The lowest BCUT2D eigenvalue weighted by atomic mass is 10.0. The van der Waals surface area contributed by atoms with E-state index in [4.69, 9.17) is 0 Å². The topological polar surface area (TPSA) is 20.3 Å². The molecular weight excluding hydrogens is 162 g/mol. The molecule has 0 N–H and O–H groups in total. The predicted molar refractivity (Wildman–Crippen MR) is 54.8 cm³/mol. The van der Waals surface area contributed by atoms with Crippen LogP contribution < -0.4 is 0 Å². The molecule has 1 aliphatic rings. The maximum Gasteiger partial charge on any atom is 0.131 e. The molecule has 0 spiro atoms. The normalized spacial score (nSPS) is 25.5. The highest BCUT2D eigenvalue weighted by molar-refractivity contribution is 5.76. The van der Waals surface area contributed by atoms with Crippen LogP contribution >= 0.6 is 0 Å². The number of Topliss-reactive ketones (excluding diaryl/α,β-unsaturated/α-hetero) is 1. The summed E-state index contributed by atoms with van der Waals surface area (Å²) in [4.78, 5) is 13.5. The highest BCUT2D eigenvalue weighted by atomic mass is 16.1. The molecular formula is C11H21NO. The third kappa shape index (κ3) is 3.47. The van der Waals surface area contributed by atoms with Gasteiger partial charge in [-0.15, -0.1) is 0 Å². The molecule has 0 aromatic heterocycles. The van der Waals surface area contributed by atoms with Crippen LogP contribution in [0.3, 0.4) is 0 Å². The van der Waals surface area contributed by atoms with Gasteiger partial charge < -0.3 is 4.90 Å². The number of ketones is 1. The van der Waals surface area contributed by atoms with Gasteiger partial charge in [0.1, 0.15) is 5.78 Å². The molecule has 2 heteroatoms. The SMILES string of the molecule is CCN1CCCCCC1CC(C)=O. The van der Waals surface area contributed by atoms with E-state index in [0.29, 0.717) is 11.8 Å². The first-order valence-electron chi connectivity index (χ1n) is 5.47. The Bertz CT molecular complexity index is 167. The van der Waals surface area contributed by atoms with E-state index in [2.05, 4.69) is 11.8 Å². The third-order valence-corrected chi connectivity index (χ3v) is 2.93. The summed E-state index contributed by atoms with van der Waals surface area (Å²) < 4.78 is 0. The van der Waals surface area contributed by atoms with Crippen LogP contribution in [0.4, 0.5) is 0 Å². The van der Waals surface area contributed by atoms with Gasteiger partial charge in [0.2, 0.25) is 0 Å². The van der Waals surface area contributed by atoms with Crippen LogP contribution in [0.2, 0.25) is 0 Å². The summed E-state index contributed by atoms with van der Waals surface area (Å²) in [5.74, 6) is 0.338. The minimum Gasteiger partial charge on any atom is -0.300 e. The highest BCUT2D eigenvalue weighted by Gasteiger charge is 2.20. The van der Waals surface area contributed by atoms with Gasteiger partial charge in [0.15, 0.2) is 0 Å². The van der Waals surface area contributed by atoms with E-state index in [-0.39, 0.29) is 0 Å². The molecule has 1 aliphatic heterocycles. The lowest BCUT2D eigenvalue weighted by Crippen LogP contribution is -2.35. The minimum absolute atomic E-state index is 0.338. The second-order valence-electron chi connectivity index (χ2n) is 4.04. The first-order valence-corrected chi connectivity index (χ1v) is 5.47. The Morgan fingerprint density at radius 1 is 1.38 bits per heavy atom. The van der Waals surface area contributed by atoms with Crippen molar-refractivity contribution in [2.45, 2.75) is 52.0 Å². The number of likely N-dealkylation sites (tertiary alicyclic amines) is 1. The van der Waals surface area contributed by atoms with Crippen molar-refractivity contribution in [3.05, 3.63) is 0 Å². The predicted octanol–water partition coefficient (Wildman–Crippen LogP) is 2.23. The molecule has 0 saturated carbocycles. The molecule has 0 amide bonds. The van der Waals surface area contributed by atoms with E-state index in [1.165, 1.54) is 32.2 Å². The average molecular weight is 183 g/mol. The summed E-state index contributed by atoms with van der Waals surface area (Å²) in [5, 5.41) is 0. The van der Waals surface area contributed by atoms with E-state index in [1.807, 2.05) is 0 Å². The van der Waals surface area contributed by atoms with Crippen molar-refractivity contribution in [2.75, 3.05) is 13.1 Å². The minimum atomic E-state index is 0.338. The Balaban J connectivity index is 2.48. The van der Waals surface area contributed by atoms with Gasteiger partial charge in [-0.25, -0.2) is 0 Å². The summed E-state index contributed by atoms with van der Waals surface area (Å²) in [6.07, 6.45) is 5.92. The van der Waals surface area contributed by atoms with E-state index in [1.54, 1.807) is 6.92 Å². The molecule has 0 aromatic carbocycles. The van der Waals surface area contributed by atoms with Gasteiger partial charge in [-0.2, -0.15) is 0 Å². The number of carbonyl (C=O) groups is 1. The van der Waals surface area contributed by atoms with Gasteiger partial charge in [0.25, 0.3) is 0 Å². The molecule has 0 radical (unpaired) electrons. The van der Waals surface area contributed by atoms with Crippen molar-refractivity contribution in [1.82, 2.24) is 4.90 Å². The fourth-order valence-corrected chi connectivity index (χ4v) is 2.22. The Labute approximate surface area is 81.3 Å². The van der Waals surface area contributed by atoms with E-state index >= 15 is 0 Å². The zero-order chi connectivity index (χ0) is 9.68. The highest BCUT2D eigenvalue weighted by Crippen LogP contribution is 2.18. The maximum absolute atomic E-state index is 11.1. The molecule has 1 fully saturated rings. The van der Waals surface area contributed by atoms with Crippen LogP contribution in [0.1, 0.15) is 46.0 Å². The summed E-state index contributed by atoms with van der Waals surface area (Å²) in [7, 11) is 0. The van der Waals surface area contributed by atoms with Gasteiger partial charge in [0.05, 0.1) is 0 Å². The number of rotatable bonds is 3. The number of carbonyl (C=O) groups excluding carboxylic acids is 1. The fraction of sp³-hybridized carbons (Fsp3) is 0.909. The van der Waals surface area contributed by atoms with Crippen molar-refractivity contribution in [3.8, 4) is 0 Å². The zero-order valence-electron chi connectivity index (χ0n) is 8.88. The van der Waals surface area contributed by atoms with Crippen molar-refractivity contribution in [2.24, 2.45) is 0 Å². The van der Waals surface area contributed by atoms with Crippen molar-refractivity contribution >= 4 is 5.78 Å². The van der Waals surface area contributed by atoms with Gasteiger partial charge in [-0.1, -0.05) is 19.8 Å². The first kappa shape index (κ1) is 10.7. The molecule has 76 valence electrons. The van der Waals surface area contributed by atoms with Gasteiger partial charge in [-0.05, 0) is 32.9 Å². The second-order valence-corrected chi connectivity index (χ2v) is 4.04. The van der Waals surface area contributed by atoms with E-state index < -0.39 is 0 Å². The van der Waals surface area contributed by atoms with E-state index in [0.717, 1.165) is 13.0 Å². The summed E-state index contributed by atoms with van der Waals surface area (Å²) in [6.45, 7) is 6.18. The van der Waals surface area contributed by atoms with Crippen LogP contribution in [0.15, 0.2) is 0 Å². The van der Waals surface area contributed by atoms with Crippen LogP contribution in [0, 0.1) is 0 Å². The molecule has 1 heterocycles. The van der Waals surface area contributed by atoms with Crippen LogP contribution in [-0.2, 0) is 4.79 Å². The van der Waals surface area contributed by atoms with Gasteiger partial charge in [0, 0.05) is 12.5 Å². The smallest absolute Gasteiger partial charge is 0.131 e. The molecule has 1 atom stereocenters. The van der Waals surface area contributed by atoms with Crippen molar-refractivity contribution in [3.63, 3.8) is 0 Å². The molecule has 1 unspecified atom stereocenters. The number of hydrogen-bond donors (Lipinski definition) is 0. The zero-order valence-corrected chi connectivity index (χ0v) is 8.88. The van der Waals surface area contributed by atoms with Gasteiger partial charge >= 0.3 is 0 Å². The molecule has 0 bridgehead atoms. The van der Waals surface area contributed by atoms with Crippen molar-refractivity contribution in [1.29, 1.82) is 0 Å². The average Bonchev–Trinajstić information content (AvgIpc) is 2.28. The first-order chi connectivity index (χ1) is 6.24. The Morgan fingerprint density at radius 3 is 2.77 bits per heavy atom. The molecule has 0 aromatic rings. The lowest BCUT2D eigenvalue weighted by Gasteiger charge is -2.27. The van der Waals surface area contributed by atoms with Gasteiger partial charge in [-0.3, -0.25) is 4.79 Å². The van der Waals surface area contributed by atoms with E-state index in [9.17, 15) is 4.79 Å². The Hall–Kier alpha value is -0.370. The largest absolute Gasteiger partial charge is 0.300 e. The molecule has 2 nitrogen and oxygen atoms in total. The Morgan fingerprint density at radius 2 is 2.15 bits per heavy atom. The maximum atomic E-state index is 11.1. The number of nitrogens with zero attached hydrogens (tertiary/aromatic N) is 1. The van der Waals surface area contributed by atoms with Crippen molar-refractivity contribution < 1.29 is 4.79 Å². The number of hydrogen-bond acceptors (Lipinski definition) is 2. The summed E-state index contributed by atoms with van der Waals surface area (Å²) in [6, 6.07) is 0.532. The monoisotopic (exact) mass is 183 g/mol. The second kappa shape index (κ2) is 5.38. The van der Waals surface area contributed by atoms with Crippen LogP contribution in [0.25, 0.3) is 0 Å². The van der Waals surface area contributed by atoms with Crippen LogP contribution in [0.5, 0.6) is 0 Å². The molecule has 1 saturated heterocycles. The molecule has 13 heavy (non-hydrogen) atoms.